The fraction of sp³-hybridized carbons (Fsp3) is 0.944. The molecule has 0 aromatic heterocycles. The Bertz CT molecular complexity index is 343. The highest BCUT2D eigenvalue weighted by Crippen LogP contribution is 2.47. The zero-order chi connectivity index (χ0) is 15.8. The molecule has 1 saturated carbocycles. The van der Waals surface area contributed by atoms with Crippen molar-refractivity contribution >= 4 is 5.96 Å². The Labute approximate surface area is 137 Å². The third-order valence-electron chi connectivity index (χ3n) is 5.38. The van der Waals surface area contributed by atoms with Crippen LogP contribution in [0.25, 0.3) is 0 Å². The molecular weight excluding hydrogens is 272 g/mol. The van der Waals surface area contributed by atoms with Crippen LogP contribution in [0.2, 0.25) is 0 Å². The van der Waals surface area contributed by atoms with Crippen molar-refractivity contribution in [2.24, 2.45) is 10.4 Å². The molecular formula is C18H36N4. The van der Waals surface area contributed by atoms with Crippen LogP contribution < -0.4 is 5.32 Å². The molecule has 0 amide bonds. The Hall–Kier alpha value is -0.770. The van der Waals surface area contributed by atoms with Crippen molar-refractivity contribution in [3.8, 4) is 0 Å². The van der Waals surface area contributed by atoms with Gasteiger partial charge in [-0.25, -0.2) is 0 Å². The average molecular weight is 309 g/mol. The van der Waals surface area contributed by atoms with Gasteiger partial charge in [0.15, 0.2) is 5.96 Å². The van der Waals surface area contributed by atoms with E-state index in [2.05, 4.69) is 34.0 Å². The van der Waals surface area contributed by atoms with Crippen molar-refractivity contribution in [3.05, 3.63) is 0 Å². The quantitative estimate of drug-likeness (QED) is 0.425. The van der Waals surface area contributed by atoms with Crippen molar-refractivity contribution in [1.82, 2.24) is 15.1 Å². The zero-order valence-electron chi connectivity index (χ0n) is 15.0. The lowest BCUT2D eigenvalue weighted by Gasteiger charge is -2.38. The molecule has 0 aromatic rings. The third kappa shape index (κ3) is 4.61. The molecule has 2 rings (SSSR count). The van der Waals surface area contributed by atoms with E-state index in [9.17, 15) is 0 Å². The van der Waals surface area contributed by atoms with Crippen LogP contribution in [0.4, 0.5) is 0 Å². The maximum Gasteiger partial charge on any atom is 0.193 e. The summed E-state index contributed by atoms with van der Waals surface area (Å²) in [5.41, 5.74) is 0.649. The van der Waals surface area contributed by atoms with Gasteiger partial charge in [-0.2, -0.15) is 0 Å². The van der Waals surface area contributed by atoms with Gasteiger partial charge >= 0.3 is 0 Å². The summed E-state index contributed by atoms with van der Waals surface area (Å²) in [4.78, 5) is 9.57. The first-order valence-electron chi connectivity index (χ1n) is 9.41. The van der Waals surface area contributed by atoms with Gasteiger partial charge in [0.1, 0.15) is 0 Å². The Morgan fingerprint density at radius 2 is 1.86 bits per heavy atom. The number of rotatable bonds is 8. The lowest BCUT2D eigenvalue weighted by Crippen LogP contribution is -2.43. The van der Waals surface area contributed by atoms with E-state index in [1.54, 1.807) is 0 Å². The number of nitrogens with zero attached hydrogens (tertiary/aromatic N) is 3. The molecule has 1 saturated heterocycles. The molecule has 1 spiro atoms. The van der Waals surface area contributed by atoms with Crippen molar-refractivity contribution in [1.29, 1.82) is 0 Å². The second-order valence-corrected chi connectivity index (χ2v) is 7.19. The van der Waals surface area contributed by atoms with E-state index >= 15 is 0 Å². The highest BCUT2D eigenvalue weighted by atomic mass is 15.3. The van der Waals surface area contributed by atoms with Crippen LogP contribution in [0.3, 0.4) is 0 Å². The van der Waals surface area contributed by atoms with Crippen LogP contribution in [-0.2, 0) is 0 Å². The van der Waals surface area contributed by atoms with Crippen LogP contribution in [0.1, 0.15) is 58.8 Å². The topological polar surface area (TPSA) is 30.9 Å². The number of aliphatic imine (C=N–C) groups is 1. The summed E-state index contributed by atoms with van der Waals surface area (Å²) in [6, 6.07) is 0. The van der Waals surface area contributed by atoms with Crippen molar-refractivity contribution in [3.63, 3.8) is 0 Å². The molecule has 1 N–H and O–H groups in total. The second kappa shape index (κ2) is 8.76. The summed E-state index contributed by atoms with van der Waals surface area (Å²) in [6.45, 7) is 11.7. The van der Waals surface area contributed by atoms with Crippen LogP contribution in [0.15, 0.2) is 4.99 Å². The van der Waals surface area contributed by atoms with Crippen LogP contribution in [-0.4, -0.2) is 62.1 Å². The monoisotopic (exact) mass is 308 g/mol. The first-order valence-corrected chi connectivity index (χ1v) is 9.41. The normalized spacial score (nSPS) is 20.7. The molecule has 2 aliphatic rings. The zero-order valence-corrected chi connectivity index (χ0v) is 15.0. The maximum atomic E-state index is 4.50. The summed E-state index contributed by atoms with van der Waals surface area (Å²) < 4.78 is 0. The van der Waals surface area contributed by atoms with E-state index in [4.69, 9.17) is 0 Å². The molecule has 22 heavy (non-hydrogen) atoms. The predicted octanol–water partition coefficient (Wildman–Crippen LogP) is 2.95. The molecule has 4 heteroatoms. The lowest BCUT2D eigenvalue weighted by atomic mass is 9.68. The molecule has 1 aliphatic carbocycles. The first-order chi connectivity index (χ1) is 10.7. The number of likely N-dealkylation sites (tertiary alicyclic amines) is 1. The number of guanidine groups is 1. The SMILES string of the molecule is CCCN(CCC)CCCNC(=NC)N1CCC2(CCC2)C1. The minimum atomic E-state index is 0.649. The van der Waals surface area contributed by atoms with E-state index in [-0.39, 0.29) is 0 Å². The van der Waals surface area contributed by atoms with Gasteiger partial charge in [-0.1, -0.05) is 20.3 Å². The van der Waals surface area contributed by atoms with E-state index in [0.29, 0.717) is 5.41 Å². The van der Waals surface area contributed by atoms with Gasteiger partial charge in [0.2, 0.25) is 0 Å². The third-order valence-corrected chi connectivity index (χ3v) is 5.38. The minimum absolute atomic E-state index is 0.649. The Morgan fingerprint density at radius 1 is 1.14 bits per heavy atom. The summed E-state index contributed by atoms with van der Waals surface area (Å²) >= 11 is 0. The highest BCUT2D eigenvalue weighted by Gasteiger charge is 2.43. The van der Waals surface area contributed by atoms with Gasteiger partial charge in [0, 0.05) is 26.7 Å². The molecule has 0 unspecified atom stereocenters. The Balaban J connectivity index is 1.66. The lowest BCUT2D eigenvalue weighted by molar-refractivity contribution is 0.151. The standard InChI is InChI=1S/C18H36N4/c1-4-12-21(13-5-2)14-7-11-20-17(19-3)22-15-10-18(16-22)8-6-9-18/h4-16H2,1-3H3,(H,19,20). The minimum Gasteiger partial charge on any atom is -0.356 e. The van der Waals surface area contributed by atoms with Gasteiger partial charge in [0.25, 0.3) is 0 Å². The van der Waals surface area contributed by atoms with Crippen LogP contribution in [0.5, 0.6) is 0 Å². The Morgan fingerprint density at radius 3 is 2.36 bits per heavy atom. The molecule has 0 atom stereocenters. The predicted molar refractivity (Wildman–Crippen MR) is 95.5 cm³/mol. The number of hydrogen-bond donors (Lipinski definition) is 1. The van der Waals surface area contributed by atoms with E-state index < -0.39 is 0 Å². The van der Waals surface area contributed by atoms with Gasteiger partial charge in [-0.05, 0) is 63.6 Å². The fourth-order valence-electron chi connectivity index (χ4n) is 4.00. The molecule has 1 aliphatic heterocycles. The summed E-state index contributed by atoms with van der Waals surface area (Å²) in [7, 11) is 1.93. The smallest absolute Gasteiger partial charge is 0.193 e. The summed E-state index contributed by atoms with van der Waals surface area (Å²) in [5, 5.41) is 3.59. The van der Waals surface area contributed by atoms with E-state index in [0.717, 1.165) is 12.5 Å². The first kappa shape index (κ1) is 17.6. The molecule has 4 nitrogen and oxygen atoms in total. The van der Waals surface area contributed by atoms with E-state index in [1.165, 1.54) is 77.7 Å². The highest BCUT2D eigenvalue weighted by molar-refractivity contribution is 5.80. The maximum absolute atomic E-state index is 4.50. The van der Waals surface area contributed by atoms with Crippen LogP contribution in [0, 0.1) is 5.41 Å². The van der Waals surface area contributed by atoms with Crippen molar-refractivity contribution in [2.75, 3.05) is 46.3 Å². The van der Waals surface area contributed by atoms with Crippen molar-refractivity contribution < 1.29 is 0 Å². The van der Waals surface area contributed by atoms with E-state index in [1.807, 2.05) is 7.05 Å². The van der Waals surface area contributed by atoms with Gasteiger partial charge < -0.3 is 15.1 Å². The number of hydrogen-bond acceptors (Lipinski definition) is 2. The van der Waals surface area contributed by atoms with Gasteiger partial charge in [0.05, 0.1) is 0 Å². The molecule has 2 fully saturated rings. The fourth-order valence-corrected chi connectivity index (χ4v) is 4.00. The summed E-state index contributed by atoms with van der Waals surface area (Å²) in [5.74, 6) is 1.13. The molecule has 0 bridgehead atoms. The molecule has 128 valence electrons. The molecule has 0 aromatic carbocycles. The van der Waals surface area contributed by atoms with Crippen LogP contribution >= 0.6 is 0 Å². The second-order valence-electron chi connectivity index (χ2n) is 7.19. The Kier molecular flexibility index (Phi) is 7.00. The summed E-state index contributed by atoms with van der Waals surface area (Å²) in [6.07, 6.45) is 9.39. The largest absolute Gasteiger partial charge is 0.356 e. The van der Waals surface area contributed by atoms with Crippen molar-refractivity contribution in [2.45, 2.75) is 58.8 Å². The average Bonchev–Trinajstić information content (AvgIpc) is 2.93. The molecule has 1 heterocycles. The number of nitrogens with one attached hydrogen (secondary N) is 1. The molecule has 0 radical (unpaired) electrons. The van der Waals surface area contributed by atoms with Gasteiger partial charge in [-0.15, -0.1) is 0 Å². The van der Waals surface area contributed by atoms with Gasteiger partial charge in [-0.3, -0.25) is 4.99 Å².